The fourth-order valence-corrected chi connectivity index (χ4v) is 4.69. The minimum atomic E-state index is -0.143. The Morgan fingerprint density at radius 3 is 3.00 bits per heavy atom. The van der Waals surface area contributed by atoms with Gasteiger partial charge in [0.15, 0.2) is 0 Å². The molecule has 2 saturated heterocycles. The molecular weight excluding hydrogens is 270 g/mol. The monoisotopic (exact) mass is 294 g/mol. The molecule has 0 amide bonds. The minimum absolute atomic E-state index is 0.143. The Bertz CT molecular complexity index is 455. The van der Waals surface area contributed by atoms with Gasteiger partial charge in [-0.05, 0) is 37.1 Å². The fraction of sp³-hybridized carbons (Fsp3) is 0.688. The van der Waals surface area contributed by atoms with Crippen LogP contribution < -0.4 is 0 Å². The molecule has 1 aromatic rings. The van der Waals surface area contributed by atoms with E-state index in [1.54, 1.807) is 0 Å². The number of thiophene rings is 1. The lowest BCUT2D eigenvalue weighted by atomic mass is 9.82. The van der Waals surface area contributed by atoms with Gasteiger partial charge in [0.05, 0.1) is 26.2 Å². The van der Waals surface area contributed by atoms with Crippen molar-refractivity contribution in [3.63, 3.8) is 0 Å². The van der Waals surface area contributed by atoms with Crippen molar-refractivity contribution < 1.29 is 14.0 Å². The van der Waals surface area contributed by atoms with Crippen LogP contribution in [0.15, 0.2) is 17.5 Å². The molecule has 2 fully saturated rings. The number of quaternary nitrogens is 1. The molecule has 0 aliphatic carbocycles. The van der Waals surface area contributed by atoms with Gasteiger partial charge < -0.3 is 9.22 Å². The summed E-state index contributed by atoms with van der Waals surface area (Å²) < 4.78 is 6.79. The van der Waals surface area contributed by atoms with Crippen LogP contribution in [0.1, 0.15) is 41.8 Å². The summed E-state index contributed by atoms with van der Waals surface area (Å²) in [4.78, 5) is 12.7. The molecule has 0 N–H and O–H groups in total. The molecule has 0 saturated carbocycles. The van der Waals surface area contributed by atoms with Crippen molar-refractivity contribution in [2.45, 2.75) is 38.1 Å². The van der Waals surface area contributed by atoms with Gasteiger partial charge >= 0.3 is 5.97 Å². The molecule has 20 heavy (non-hydrogen) atoms. The van der Waals surface area contributed by atoms with Crippen molar-refractivity contribution in [3.05, 3.63) is 22.4 Å². The summed E-state index contributed by atoms with van der Waals surface area (Å²) in [5.41, 5.74) is 0. The van der Waals surface area contributed by atoms with Crippen LogP contribution in [0.4, 0.5) is 0 Å². The molecular formula is C16H24NO2S+. The lowest BCUT2D eigenvalue weighted by molar-refractivity contribution is -0.947. The van der Waals surface area contributed by atoms with Gasteiger partial charge in [-0.3, -0.25) is 0 Å². The molecule has 3 rings (SSSR count). The quantitative estimate of drug-likeness (QED) is 0.631. The highest BCUT2D eigenvalue weighted by Crippen LogP contribution is 2.36. The number of carbonyl (C=O) groups excluding carboxylic acids is 1. The van der Waals surface area contributed by atoms with E-state index in [1.807, 2.05) is 17.5 Å². The van der Waals surface area contributed by atoms with E-state index in [4.69, 9.17) is 4.74 Å². The number of nitrogens with zero attached hydrogens (tertiary/aromatic N) is 1. The predicted molar refractivity (Wildman–Crippen MR) is 80.9 cm³/mol. The van der Waals surface area contributed by atoms with Crippen molar-refractivity contribution in [3.8, 4) is 0 Å². The molecule has 3 heterocycles. The van der Waals surface area contributed by atoms with Crippen LogP contribution in [0.5, 0.6) is 0 Å². The average molecular weight is 294 g/mol. The third-order valence-electron chi connectivity index (χ3n) is 5.16. The second-order valence-electron chi connectivity index (χ2n) is 6.47. The summed E-state index contributed by atoms with van der Waals surface area (Å²) in [7, 11) is 2.40. The number of rotatable bonds is 3. The van der Waals surface area contributed by atoms with Crippen molar-refractivity contribution in [1.82, 2.24) is 0 Å². The number of hydrogen-bond acceptors (Lipinski definition) is 3. The zero-order chi connectivity index (χ0) is 14.0. The first-order valence-electron chi connectivity index (χ1n) is 7.74. The number of fused-ring (bicyclic) bond motifs is 1. The first-order valence-corrected chi connectivity index (χ1v) is 8.62. The van der Waals surface area contributed by atoms with Crippen molar-refractivity contribution >= 4 is 17.3 Å². The summed E-state index contributed by atoms with van der Waals surface area (Å²) in [6, 6.07) is 4.44. The normalized spacial score (nSPS) is 33.5. The second kappa shape index (κ2) is 5.86. The number of carbonyl (C=O) groups is 1. The Morgan fingerprint density at radius 2 is 2.20 bits per heavy atom. The Hall–Kier alpha value is -0.870. The van der Waals surface area contributed by atoms with E-state index in [2.05, 4.69) is 7.05 Å². The summed E-state index contributed by atoms with van der Waals surface area (Å²) in [6.07, 6.45) is 6.49. The zero-order valence-corrected chi connectivity index (χ0v) is 13.0. The molecule has 110 valence electrons. The molecule has 2 aliphatic rings. The summed E-state index contributed by atoms with van der Waals surface area (Å²) in [6.45, 7) is 3.22. The fourth-order valence-electron chi connectivity index (χ4n) is 4.08. The van der Waals surface area contributed by atoms with Gasteiger partial charge in [0.25, 0.3) is 0 Å². The number of esters is 1. The molecule has 0 spiro atoms. The first kappa shape index (κ1) is 14.1. The smallest absolute Gasteiger partial charge is 0.348 e. The SMILES string of the molecule is C[N@@+]12CCCC[C@@H]1[C@H](COC(=O)c1cccs1)CCC2. The van der Waals surface area contributed by atoms with E-state index in [1.165, 1.54) is 61.0 Å². The van der Waals surface area contributed by atoms with Crippen molar-refractivity contribution in [1.29, 1.82) is 0 Å². The van der Waals surface area contributed by atoms with Gasteiger partial charge in [0.1, 0.15) is 11.5 Å². The largest absolute Gasteiger partial charge is 0.461 e. The van der Waals surface area contributed by atoms with Crippen LogP contribution in [0.2, 0.25) is 0 Å². The zero-order valence-electron chi connectivity index (χ0n) is 12.2. The summed E-state index contributed by atoms with van der Waals surface area (Å²) in [5.74, 6) is 0.411. The molecule has 3 nitrogen and oxygen atoms in total. The van der Waals surface area contributed by atoms with Crippen molar-refractivity contribution in [2.75, 3.05) is 26.7 Å². The topological polar surface area (TPSA) is 26.3 Å². The maximum Gasteiger partial charge on any atom is 0.348 e. The van der Waals surface area contributed by atoms with Crippen LogP contribution >= 0.6 is 11.3 Å². The molecule has 4 heteroatoms. The maximum atomic E-state index is 12.0. The van der Waals surface area contributed by atoms with E-state index in [0.717, 1.165) is 4.88 Å². The number of ether oxygens (including phenoxy) is 1. The summed E-state index contributed by atoms with van der Waals surface area (Å²) in [5, 5.41) is 1.92. The van der Waals surface area contributed by atoms with Crippen LogP contribution in [0.3, 0.4) is 0 Å². The summed E-state index contributed by atoms with van der Waals surface area (Å²) >= 11 is 1.46. The van der Waals surface area contributed by atoms with Crippen LogP contribution in [0.25, 0.3) is 0 Å². The highest BCUT2D eigenvalue weighted by Gasteiger charge is 2.43. The van der Waals surface area contributed by atoms with Gasteiger partial charge in [0, 0.05) is 12.3 Å². The van der Waals surface area contributed by atoms with Crippen LogP contribution in [-0.4, -0.2) is 43.2 Å². The lowest BCUT2D eigenvalue weighted by Crippen LogP contribution is -2.61. The van der Waals surface area contributed by atoms with Crippen LogP contribution in [0, 0.1) is 5.92 Å². The Kier molecular flexibility index (Phi) is 4.13. The van der Waals surface area contributed by atoms with Gasteiger partial charge in [-0.15, -0.1) is 11.3 Å². The van der Waals surface area contributed by atoms with E-state index in [-0.39, 0.29) is 5.97 Å². The molecule has 3 atom stereocenters. The van der Waals surface area contributed by atoms with E-state index < -0.39 is 0 Å². The maximum absolute atomic E-state index is 12.0. The molecule has 1 aromatic heterocycles. The third kappa shape index (κ3) is 2.77. The average Bonchev–Trinajstić information content (AvgIpc) is 2.98. The highest BCUT2D eigenvalue weighted by molar-refractivity contribution is 7.11. The Balaban J connectivity index is 1.60. The Morgan fingerprint density at radius 1 is 1.35 bits per heavy atom. The van der Waals surface area contributed by atoms with Crippen molar-refractivity contribution in [2.24, 2.45) is 5.92 Å². The predicted octanol–water partition coefficient (Wildman–Crippen LogP) is 3.31. The number of piperidine rings is 2. The minimum Gasteiger partial charge on any atom is -0.461 e. The van der Waals surface area contributed by atoms with E-state index >= 15 is 0 Å². The molecule has 0 bridgehead atoms. The molecule has 0 aromatic carbocycles. The van der Waals surface area contributed by atoms with Gasteiger partial charge in [-0.1, -0.05) is 6.07 Å². The highest BCUT2D eigenvalue weighted by atomic mass is 32.1. The standard InChI is InChI=1S/C16H24NO2S/c1-17-9-3-2-7-14(17)13(6-4-10-17)12-19-16(18)15-8-5-11-20-15/h5,8,11,13-14H,2-4,6-7,9-10,12H2,1H3/q+1/t13-,14+,17-/m0/s1. The number of hydrogen-bond donors (Lipinski definition) is 0. The van der Waals surface area contributed by atoms with E-state index in [0.29, 0.717) is 18.6 Å². The van der Waals surface area contributed by atoms with Gasteiger partial charge in [-0.25, -0.2) is 4.79 Å². The lowest BCUT2D eigenvalue weighted by Gasteiger charge is -2.51. The first-order chi connectivity index (χ1) is 9.69. The third-order valence-corrected chi connectivity index (χ3v) is 6.01. The van der Waals surface area contributed by atoms with Crippen LogP contribution in [-0.2, 0) is 4.74 Å². The van der Waals surface area contributed by atoms with E-state index in [9.17, 15) is 4.79 Å². The van der Waals surface area contributed by atoms with Gasteiger partial charge in [-0.2, -0.15) is 0 Å². The second-order valence-corrected chi connectivity index (χ2v) is 7.42. The Labute approximate surface area is 125 Å². The molecule has 2 aliphatic heterocycles. The van der Waals surface area contributed by atoms with Gasteiger partial charge in [0.2, 0.25) is 0 Å². The molecule has 0 unspecified atom stereocenters. The molecule has 0 radical (unpaired) electrons.